The Balaban J connectivity index is 1.98. The zero-order valence-corrected chi connectivity index (χ0v) is 11.3. The molecule has 9 heteroatoms. The fourth-order valence-corrected chi connectivity index (χ4v) is 1.86. The minimum atomic E-state index is -4.68. The molecule has 6 nitrogen and oxygen atoms in total. The predicted molar refractivity (Wildman–Crippen MR) is 67.3 cm³/mol. The van der Waals surface area contributed by atoms with Gasteiger partial charge in [-0.25, -0.2) is 0 Å². The van der Waals surface area contributed by atoms with Crippen LogP contribution in [0.3, 0.4) is 0 Å². The third-order valence-corrected chi connectivity index (χ3v) is 2.86. The monoisotopic (exact) mass is 301 g/mol. The molecule has 0 saturated heterocycles. The second kappa shape index (κ2) is 6.08. The molecule has 0 amide bonds. The van der Waals surface area contributed by atoms with Gasteiger partial charge in [-0.05, 0) is 31.5 Å². The molecule has 21 heavy (non-hydrogen) atoms. The van der Waals surface area contributed by atoms with Crippen LogP contribution in [0.4, 0.5) is 13.2 Å². The van der Waals surface area contributed by atoms with Crippen LogP contribution in [0.5, 0.6) is 5.75 Å². The normalized spacial score (nSPS) is 14.7. The van der Waals surface area contributed by atoms with Crippen LogP contribution < -0.4 is 10.1 Å². The number of hydrogen-bond acceptors (Lipinski definition) is 5. The first-order chi connectivity index (χ1) is 9.85. The van der Waals surface area contributed by atoms with Crippen LogP contribution in [0.1, 0.15) is 37.3 Å². The molecule has 2 unspecified atom stereocenters. The topological polar surface area (TPSA) is 75.7 Å². The number of halogens is 3. The van der Waals surface area contributed by atoms with Gasteiger partial charge in [0.2, 0.25) is 0 Å². The molecule has 0 radical (unpaired) electrons. The quantitative estimate of drug-likeness (QED) is 0.887. The van der Waals surface area contributed by atoms with Gasteiger partial charge in [-0.1, -0.05) is 17.3 Å². The van der Waals surface area contributed by atoms with Gasteiger partial charge in [-0.15, -0.1) is 23.4 Å². The van der Waals surface area contributed by atoms with Gasteiger partial charge in [0.15, 0.2) is 5.82 Å². The van der Waals surface area contributed by atoms with Crippen molar-refractivity contribution in [2.45, 2.75) is 32.3 Å². The van der Waals surface area contributed by atoms with E-state index in [-0.39, 0.29) is 17.8 Å². The van der Waals surface area contributed by atoms with Crippen LogP contribution in [0, 0.1) is 0 Å². The van der Waals surface area contributed by atoms with Crippen LogP contribution in [-0.2, 0) is 0 Å². The van der Waals surface area contributed by atoms with Gasteiger partial charge in [0.25, 0.3) is 0 Å². The van der Waals surface area contributed by atoms with E-state index >= 15 is 0 Å². The minimum Gasteiger partial charge on any atom is -0.406 e. The third kappa shape index (κ3) is 4.42. The predicted octanol–water partition coefficient (Wildman–Crippen LogP) is 2.51. The number of nitrogens with zero attached hydrogens (tertiary/aromatic N) is 3. The van der Waals surface area contributed by atoms with Gasteiger partial charge >= 0.3 is 6.36 Å². The number of tetrazole rings is 1. The summed E-state index contributed by atoms with van der Waals surface area (Å²) in [6.45, 7) is 3.75. The van der Waals surface area contributed by atoms with Crippen molar-refractivity contribution in [2.24, 2.45) is 0 Å². The SMILES string of the molecule is CC(NC(C)c1nn[nH]n1)c1ccc(OC(F)(F)F)cc1. The number of hydrogen-bond donors (Lipinski definition) is 2. The highest BCUT2D eigenvalue weighted by Crippen LogP contribution is 2.25. The summed E-state index contributed by atoms with van der Waals surface area (Å²) in [5.74, 6) is 0.267. The Labute approximate surface area is 118 Å². The zero-order valence-electron chi connectivity index (χ0n) is 11.3. The molecule has 0 fully saturated rings. The summed E-state index contributed by atoms with van der Waals surface area (Å²) in [6, 6.07) is 5.45. The number of aromatic amines is 1. The first kappa shape index (κ1) is 15.2. The average Bonchev–Trinajstić information content (AvgIpc) is 2.91. The smallest absolute Gasteiger partial charge is 0.406 e. The van der Waals surface area contributed by atoms with Gasteiger partial charge in [-0.3, -0.25) is 0 Å². The van der Waals surface area contributed by atoms with E-state index in [1.807, 2.05) is 13.8 Å². The van der Waals surface area contributed by atoms with E-state index in [1.165, 1.54) is 12.1 Å². The maximum atomic E-state index is 12.1. The molecule has 0 aliphatic carbocycles. The molecule has 0 saturated carbocycles. The fourth-order valence-electron chi connectivity index (χ4n) is 1.86. The van der Waals surface area contributed by atoms with Crippen molar-refractivity contribution < 1.29 is 17.9 Å². The first-order valence-electron chi connectivity index (χ1n) is 6.20. The van der Waals surface area contributed by atoms with Gasteiger partial charge < -0.3 is 10.1 Å². The lowest BCUT2D eigenvalue weighted by atomic mass is 10.1. The van der Waals surface area contributed by atoms with Crippen molar-refractivity contribution in [2.75, 3.05) is 0 Å². The highest BCUT2D eigenvalue weighted by atomic mass is 19.4. The van der Waals surface area contributed by atoms with Crippen LogP contribution in [0.15, 0.2) is 24.3 Å². The fraction of sp³-hybridized carbons (Fsp3) is 0.417. The van der Waals surface area contributed by atoms with Gasteiger partial charge in [0.05, 0.1) is 6.04 Å². The van der Waals surface area contributed by atoms with Crippen molar-refractivity contribution in [3.63, 3.8) is 0 Å². The number of rotatable bonds is 5. The van der Waals surface area contributed by atoms with Crippen molar-refractivity contribution in [3.05, 3.63) is 35.7 Å². The zero-order chi connectivity index (χ0) is 15.5. The van der Waals surface area contributed by atoms with E-state index in [0.717, 1.165) is 5.56 Å². The summed E-state index contributed by atoms with van der Waals surface area (Å²) in [7, 11) is 0. The van der Waals surface area contributed by atoms with Crippen LogP contribution in [-0.4, -0.2) is 27.0 Å². The summed E-state index contributed by atoms with van der Waals surface area (Å²) in [6.07, 6.45) is -4.68. The number of aromatic nitrogens is 4. The summed E-state index contributed by atoms with van der Waals surface area (Å²) < 4.78 is 40.0. The summed E-state index contributed by atoms with van der Waals surface area (Å²) >= 11 is 0. The average molecular weight is 301 g/mol. The highest BCUT2D eigenvalue weighted by molar-refractivity contribution is 5.29. The molecule has 114 valence electrons. The summed E-state index contributed by atoms with van der Waals surface area (Å²) in [5.41, 5.74) is 0.819. The number of benzene rings is 1. The van der Waals surface area contributed by atoms with E-state index in [4.69, 9.17) is 0 Å². The standard InChI is InChI=1S/C12H14F3N5O/c1-7(16-8(2)11-17-19-20-18-11)9-3-5-10(6-4-9)21-12(13,14)15/h3-8,16H,1-2H3,(H,17,18,19,20). The van der Waals surface area contributed by atoms with E-state index in [1.54, 1.807) is 12.1 Å². The van der Waals surface area contributed by atoms with E-state index in [0.29, 0.717) is 5.82 Å². The van der Waals surface area contributed by atoms with Crippen molar-refractivity contribution in [3.8, 4) is 5.75 Å². The lowest BCUT2D eigenvalue weighted by Crippen LogP contribution is -2.23. The van der Waals surface area contributed by atoms with Crippen molar-refractivity contribution in [1.29, 1.82) is 0 Å². The molecule has 0 spiro atoms. The molecule has 0 aliphatic rings. The molecule has 1 aromatic heterocycles. The summed E-state index contributed by atoms with van der Waals surface area (Å²) in [4.78, 5) is 0. The lowest BCUT2D eigenvalue weighted by molar-refractivity contribution is -0.274. The Morgan fingerprint density at radius 2 is 1.81 bits per heavy atom. The molecule has 0 bridgehead atoms. The highest BCUT2D eigenvalue weighted by Gasteiger charge is 2.31. The molecule has 0 aliphatic heterocycles. The second-order valence-corrected chi connectivity index (χ2v) is 4.50. The van der Waals surface area contributed by atoms with E-state index in [2.05, 4.69) is 30.7 Å². The lowest BCUT2D eigenvalue weighted by Gasteiger charge is -2.18. The van der Waals surface area contributed by atoms with E-state index in [9.17, 15) is 13.2 Å². The number of alkyl halides is 3. The Bertz CT molecular complexity index is 555. The molecular formula is C12H14F3N5O. The first-order valence-corrected chi connectivity index (χ1v) is 6.20. The molecular weight excluding hydrogens is 287 g/mol. The number of H-pyrrole nitrogens is 1. The number of nitrogens with one attached hydrogen (secondary N) is 2. The molecule has 2 aromatic rings. The van der Waals surface area contributed by atoms with Crippen LogP contribution >= 0.6 is 0 Å². The molecule has 1 heterocycles. The Kier molecular flexibility index (Phi) is 4.41. The van der Waals surface area contributed by atoms with Crippen molar-refractivity contribution >= 4 is 0 Å². The van der Waals surface area contributed by atoms with Crippen LogP contribution in [0.2, 0.25) is 0 Å². The van der Waals surface area contributed by atoms with Gasteiger partial charge in [-0.2, -0.15) is 5.21 Å². The minimum absolute atomic E-state index is 0.0987. The number of ether oxygens (including phenoxy) is 1. The van der Waals surface area contributed by atoms with Crippen LogP contribution in [0.25, 0.3) is 0 Å². The third-order valence-electron chi connectivity index (χ3n) is 2.86. The summed E-state index contributed by atoms with van der Waals surface area (Å²) in [5, 5.41) is 16.8. The van der Waals surface area contributed by atoms with E-state index < -0.39 is 6.36 Å². The Hall–Kier alpha value is -2.16. The maximum absolute atomic E-state index is 12.1. The Morgan fingerprint density at radius 3 is 2.33 bits per heavy atom. The molecule has 2 N–H and O–H groups in total. The second-order valence-electron chi connectivity index (χ2n) is 4.50. The molecule has 2 rings (SSSR count). The largest absolute Gasteiger partial charge is 0.573 e. The maximum Gasteiger partial charge on any atom is 0.573 e. The van der Waals surface area contributed by atoms with Crippen molar-refractivity contribution in [1.82, 2.24) is 25.9 Å². The Morgan fingerprint density at radius 1 is 1.14 bits per heavy atom. The molecule has 1 aromatic carbocycles. The van der Waals surface area contributed by atoms with Gasteiger partial charge in [0, 0.05) is 6.04 Å². The van der Waals surface area contributed by atoms with Gasteiger partial charge in [0.1, 0.15) is 5.75 Å². The molecule has 2 atom stereocenters.